The largest absolute Gasteiger partial charge is 0.327 e. The van der Waals surface area contributed by atoms with Crippen LogP contribution in [0.4, 0.5) is 13.6 Å². The van der Waals surface area contributed by atoms with Crippen LogP contribution in [0.1, 0.15) is 29.9 Å². The van der Waals surface area contributed by atoms with Gasteiger partial charge in [0, 0.05) is 47.2 Å². The molecule has 2 fully saturated rings. The van der Waals surface area contributed by atoms with Gasteiger partial charge in [-0.15, -0.1) is 11.3 Å². The van der Waals surface area contributed by atoms with Crippen LogP contribution in [0.5, 0.6) is 0 Å². The van der Waals surface area contributed by atoms with Gasteiger partial charge in [-0.1, -0.05) is 11.6 Å². The van der Waals surface area contributed by atoms with Crippen LogP contribution < -0.4 is 5.32 Å². The van der Waals surface area contributed by atoms with E-state index in [0.29, 0.717) is 27.5 Å². The summed E-state index contributed by atoms with van der Waals surface area (Å²) in [6.07, 6.45) is -1.20. The zero-order valence-corrected chi connectivity index (χ0v) is 23.0. The van der Waals surface area contributed by atoms with Gasteiger partial charge in [-0.05, 0) is 50.1 Å². The predicted octanol–water partition coefficient (Wildman–Crippen LogP) is 4.53. The Balaban J connectivity index is 1.50. The van der Waals surface area contributed by atoms with Gasteiger partial charge in [-0.2, -0.15) is 0 Å². The summed E-state index contributed by atoms with van der Waals surface area (Å²) < 4.78 is 26.4. The summed E-state index contributed by atoms with van der Waals surface area (Å²) in [7, 11) is 0. The van der Waals surface area contributed by atoms with E-state index in [1.807, 2.05) is 18.2 Å². The SMILES string of the molecule is Cc1cc(Cl)cc(-c2ncnc3cc(CN4C(=O)CN(CC(F)F)C4=O)sc23)c1CN1[C@@H](C)CNC[C@@H]1C. The molecule has 0 unspecified atom stereocenters. The Morgan fingerprint density at radius 2 is 1.87 bits per heavy atom. The number of amides is 3. The topological polar surface area (TPSA) is 81.7 Å². The standard InChI is InChI=1S/C26H29ClF2N6O2S/c1-14-4-17(27)5-19(20(14)10-34-15(2)7-30-8-16(34)3)24-25-21(31-13-32-24)6-18(38-25)9-35-23(36)12-33(26(35)37)11-22(28)29/h4-6,13,15-16,22,30H,7-12H2,1-3H3/t15-,16-/m0/s1. The van der Waals surface area contributed by atoms with Crippen molar-refractivity contribution < 1.29 is 18.4 Å². The first-order chi connectivity index (χ1) is 18.1. The molecule has 2 atom stereocenters. The van der Waals surface area contributed by atoms with Gasteiger partial charge in [0.15, 0.2) is 0 Å². The second-order valence-electron chi connectivity index (χ2n) is 9.96. The number of nitrogens with one attached hydrogen (secondary N) is 1. The van der Waals surface area contributed by atoms with Gasteiger partial charge in [0.25, 0.3) is 12.3 Å². The van der Waals surface area contributed by atoms with Crippen molar-refractivity contribution in [3.8, 4) is 11.3 Å². The van der Waals surface area contributed by atoms with Crippen molar-refractivity contribution in [3.05, 3.63) is 45.6 Å². The van der Waals surface area contributed by atoms with E-state index in [9.17, 15) is 18.4 Å². The first kappa shape index (κ1) is 26.9. The molecule has 202 valence electrons. The molecule has 1 N–H and O–H groups in total. The number of hydrogen-bond acceptors (Lipinski definition) is 7. The lowest BCUT2D eigenvalue weighted by molar-refractivity contribution is -0.125. The first-order valence-electron chi connectivity index (χ1n) is 12.5. The summed E-state index contributed by atoms with van der Waals surface area (Å²) in [6.45, 7) is 7.95. The highest BCUT2D eigenvalue weighted by molar-refractivity contribution is 7.19. The number of alkyl halides is 2. The molecule has 0 radical (unpaired) electrons. The number of benzene rings is 1. The molecular formula is C26H29ClF2N6O2S. The number of aromatic nitrogens is 2. The third-order valence-corrected chi connectivity index (χ3v) is 8.54. The molecule has 4 heterocycles. The average molecular weight is 563 g/mol. The lowest BCUT2D eigenvalue weighted by Crippen LogP contribution is -2.54. The Hall–Kier alpha value is -2.73. The number of aryl methyl sites for hydroxylation is 1. The van der Waals surface area contributed by atoms with Crippen molar-refractivity contribution in [2.75, 3.05) is 26.2 Å². The van der Waals surface area contributed by atoms with Crippen molar-refractivity contribution in [3.63, 3.8) is 0 Å². The van der Waals surface area contributed by atoms with Crippen LogP contribution >= 0.6 is 22.9 Å². The fourth-order valence-corrected chi connectivity index (χ4v) is 6.62. The van der Waals surface area contributed by atoms with E-state index in [1.54, 1.807) is 0 Å². The van der Waals surface area contributed by atoms with Gasteiger partial charge >= 0.3 is 6.03 Å². The van der Waals surface area contributed by atoms with E-state index in [0.717, 1.165) is 56.5 Å². The first-order valence-corrected chi connectivity index (χ1v) is 13.7. The second-order valence-corrected chi connectivity index (χ2v) is 11.5. The molecule has 2 saturated heterocycles. The molecular weight excluding hydrogens is 534 g/mol. The predicted molar refractivity (Wildman–Crippen MR) is 143 cm³/mol. The minimum absolute atomic E-state index is 0.00485. The minimum Gasteiger partial charge on any atom is -0.314 e. The zero-order chi connectivity index (χ0) is 27.1. The van der Waals surface area contributed by atoms with Crippen LogP contribution in [0.25, 0.3) is 21.5 Å². The number of imide groups is 1. The van der Waals surface area contributed by atoms with Crippen molar-refractivity contribution in [2.45, 2.75) is 52.4 Å². The summed E-state index contributed by atoms with van der Waals surface area (Å²) in [4.78, 5) is 39.1. The van der Waals surface area contributed by atoms with Gasteiger partial charge in [0.05, 0.1) is 29.0 Å². The van der Waals surface area contributed by atoms with Gasteiger partial charge in [0.2, 0.25) is 0 Å². The fraction of sp³-hybridized carbons (Fsp3) is 0.462. The molecule has 12 heteroatoms. The zero-order valence-electron chi connectivity index (χ0n) is 21.4. The highest BCUT2D eigenvalue weighted by Crippen LogP contribution is 2.38. The monoisotopic (exact) mass is 562 g/mol. The Bertz CT molecular complexity index is 1380. The molecule has 5 rings (SSSR count). The van der Waals surface area contributed by atoms with Gasteiger partial charge in [0.1, 0.15) is 12.9 Å². The quantitative estimate of drug-likeness (QED) is 0.426. The maximum absolute atomic E-state index is 12.8. The molecule has 0 aliphatic carbocycles. The highest BCUT2D eigenvalue weighted by Gasteiger charge is 2.37. The average Bonchev–Trinajstić information content (AvgIpc) is 3.37. The third-order valence-electron chi connectivity index (χ3n) is 7.21. The third kappa shape index (κ3) is 5.25. The molecule has 8 nitrogen and oxygen atoms in total. The molecule has 3 aromatic rings. The Morgan fingerprint density at radius 1 is 1.13 bits per heavy atom. The molecule has 2 aromatic heterocycles. The summed E-state index contributed by atoms with van der Waals surface area (Å²) in [5.74, 6) is -0.494. The smallest absolute Gasteiger partial charge is 0.314 e. The summed E-state index contributed by atoms with van der Waals surface area (Å²) in [5.41, 5.74) is 4.55. The number of rotatable bonds is 7. The molecule has 0 saturated carbocycles. The lowest BCUT2D eigenvalue weighted by Gasteiger charge is -2.40. The maximum Gasteiger partial charge on any atom is 0.327 e. The Labute approximate surface area is 228 Å². The van der Waals surface area contributed by atoms with E-state index >= 15 is 0 Å². The van der Waals surface area contributed by atoms with Crippen LogP contribution in [-0.4, -0.2) is 81.3 Å². The van der Waals surface area contributed by atoms with Crippen molar-refractivity contribution in [1.82, 2.24) is 30.0 Å². The summed E-state index contributed by atoms with van der Waals surface area (Å²) >= 11 is 7.91. The number of fused-ring (bicyclic) bond motifs is 1. The van der Waals surface area contributed by atoms with Crippen molar-refractivity contribution in [1.29, 1.82) is 0 Å². The van der Waals surface area contributed by atoms with Crippen LogP contribution in [0, 0.1) is 6.92 Å². The molecule has 0 bridgehead atoms. The molecule has 2 aliphatic rings. The van der Waals surface area contributed by atoms with E-state index < -0.39 is 24.9 Å². The number of nitrogens with zero attached hydrogens (tertiary/aromatic N) is 5. The van der Waals surface area contributed by atoms with Crippen LogP contribution in [0.15, 0.2) is 24.5 Å². The lowest BCUT2D eigenvalue weighted by atomic mass is 9.96. The molecule has 1 aromatic carbocycles. The number of halogens is 3. The maximum atomic E-state index is 12.8. The van der Waals surface area contributed by atoms with E-state index in [2.05, 4.69) is 41.0 Å². The Morgan fingerprint density at radius 3 is 2.58 bits per heavy atom. The molecule has 0 spiro atoms. The van der Waals surface area contributed by atoms with Gasteiger partial charge in [-0.3, -0.25) is 14.6 Å². The van der Waals surface area contributed by atoms with E-state index in [1.165, 1.54) is 17.7 Å². The van der Waals surface area contributed by atoms with Crippen LogP contribution in [0.3, 0.4) is 0 Å². The van der Waals surface area contributed by atoms with E-state index in [4.69, 9.17) is 11.6 Å². The minimum atomic E-state index is -2.70. The number of urea groups is 1. The van der Waals surface area contributed by atoms with Crippen LogP contribution in [-0.2, 0) is 17.9 Å². The summed E-state index contributed by atoms with van der Waals surface area (Å²) in [5, 5.41) is 4.08. The molecule has 3 amide bonds. The molecule has 38 heavy (non-hydrogen) atoms. The number of carbonyl (C=O) groups excluding carboxylic acids is 2. The Kier molecular flexibility index (Phi) is 7.63. The number of piperazine rings is 1. The van der Waals surface area contributed by atoms with Crippen LogP contribution in [0.2, 0.25) is 5.02 Å². The summed E-state index contributed by atoms with van der Waals surface area (Å²) in [6, 6.07) is 5.73. The van der Waals surface area contributed by atoms with Gasteiger partial charge < -0.3 is 10.2 Å². The fourth-order valence-electron chi connectivity index (χ4n) is 5.25. The highest BCUT2D eigenvalue weighted by atomic mass is 35.5. The number of thiophene rings is 1. The van der Waals surface area contributed by atoms with E-state index in [-0.39, 0.29) is 13.1 Å². The second kappa shape index (κ2) is 10.8. The normalized spacial score (nSPS) is 20.9. The van der Waals surface area contributed by atoms with Gasteiger partial charge in [-0.25, -0.2) is 23.5 Å². The van der Waals surface area contributed by atoms with Crippen molar-refractivity contribution >= 4 is 45.1 Å². The number of hydrogen-bond donors (Lipinski definition) is 1. The molecule has 2 aliphatic heterocycles. The number of carbonyl (C=O) groups is 2. The van der Waals surface area contributed by atoms with Crippen molar-refractivity contribution in [2.24, 2.45) is 0 Å².